The summed E-state index contributed by atoms with van der Waals surface area (Å²) >= 11 is 0. The van der Waals surface area contributed by atoms with E-state index in [1.54, 1.807) is 18.2 Å². The summed E-state index contributed by atoms with van der Waals surface area (Å²) in [5, 5.41) is 20.4. The van der Waals surface area contributed by atoms with Crippen LogP contribution in [0.5, 0.6) is 5.75 Å². The van der Waals surface area contributed by atoms with Crippen molar-refractivity contribution < 1.29 is 23.6 Å². The molecule has 3 amide bonds. The SMILES string of the molecule is COc1c(Nc2cc(NC(=O)C3CC3)nnc2C(N)=O)cccc1-c1noc(C(=O)NCCC2CCCN2C)n1. The van der Waals surface area contributed by atoms with Crippen molar-refractivity contribution in [3.8, 4) is 17.1 Å². The summed E-state index contributed by atoms with van der Waals surface area (Å²) in [4.78, 5) is 43.4. The third-order valence-electron chi connectivity index (χ3n) is 7.01. The van der Waals surface area contributed by atoms with Crippen LogP contribution in [0.1, 0.15) is 53.3 Å². The van der Waals surface area contributed by atoms with Crippen LogP contribution in [0.3, 0.4) is 0 Å². The lowest BCUT2D eigenvalue weighted by Crippen LogP contribution is -2.31. The highest BCUT2D eigenvalue weighted by Gasteiger charge is 2.30. The molecule has 0 spiro atoms. The number of hydrogen-bond donors (Lipinski definition) is 4. The molecule has 1 unspecified atom stereocenters. The van der Waals surface area contributed by atoms with E-state index in [0.717, 1.165) is 38.6 Å². The number of hydrogen-bond acceptors (Lipinski definition) is 11. The number of ether oxygens (including phenoxy) is 1. The van der Waals surface area contributed by atoms with E-state index in [9.17, 15) is 14.4 Å². The van der Waals surface area contributed by atoms with Crippen molar-refractivity contribution in [2.45, 2.75) is 38.1 Å². The van der Waals surface area contributed by atoms with Gasteiger partial charge >= 0.3 is 11.8 Å². The van der Waals surface area contributed by atoms with Gasteiger partial charge in [-0.1, -0.05) is 11.2 Å². The van der Waals surface area contributed by atoms with Crippen molar-refractivity contribution >= 4 is 34.9 Å². The summed E-state index contributed by atoms with van der Waals surface area (Å²) in [7, 11) is 3.55. The van der Waals surface area contributed by atoms with Crippen LogP contribution in [0.4, 0.5) is 17.2 Å². The van der Waals surface area contributed by atoms with E-state index >= 15 is 0 Å². The van der Waals surface area contributed by atoms with Gasteiger partial charge in [-0.3, -0.25) is 14.4 Å². The highest BCUT2D eigenvalue weighted by molar-refractivity contribution is 5.99. The number of nitrogens with two attached hydrogens (primary N) is 1. The Hall–Kier alpha value is -4.59. The number of likely N-dealkylation sites (tertiary alicyclic amines) is 1. The number of benzene rings is 1. The molecule has 3 heterocycles. The topological polar surface area (TPSA) is 190 Å². The fourth-order valence-electron chi connectivity index (χ4n) is 4.68. The van der Waals surface area contributed by atoms with Crippen LogP contribution >= 0.6 is 0 Å². The van der Waals surface area contributed by atoms with Gasteiger partial charge in [-0.15, -0.1) is 10.2 Å². The summed E-state index contributed by atoms with van der Waals surface area (Å²) in [6.07, 6.45) is 4.77. The van der Waals surface area contributed by atoms with Gasteiger partial charge in [0.1, 0.15) is 0 Å². The molecule has 0 bridgehead atoms. The second kappa shape index (κ2) is 11.7. The molecule has 1 atom stereocenters. The predicted octanol–water partition coefficient (Wildman–Crippen LogP) is 1.94. The van der Waals surface area contributed by atoms with E-state index in [1.165, 1.54) is 13.2 Å². The third-order valence-corrected chi connectivity index (χ3v) is 7.01. The minimum Gasteiger partial charge on any atom is -0.494 e. The van der Waals surface area contributed by atoms with Gasteiger partial charge in [-0.25, -0.2) is 0 Å². The summed E-state index contributed by atoms with van der Waals surface area (Å²) in [5.74, 6) is -0.998. The van der Waals surface area contributed by atoms with E-state index in [2.05, 4.69) is 48.2 Å². The molecule has 1 aliphatic heterocycles. The standard InChI is InChI=1S/C26H31N9O5/c1-35-12-4-5-15(35)10-11-28-25(38)26-31-23(34-40-26)16-6-3-7-17(21(16)39-2)29-18-13-19(30-24(37)14-8-9-14)32-33-20(18)22(27)36/h3,6-7,13-15H,4-5,8-12H2,1-2H3,(H2,27,36)(H,28,38)(H2,29,30,32,37). The maximum atomic E-state index is 12.6. The summed E-state index contributed by atoms with van der Waals surface area (Å²) in [5.41, 5.74) is 6.45. The molecule has 2 fully saturated rings. The van der Waals surface area contributed by atoms with Crippen LogP contribution < -0.4 is 26.4 Å². The van der Waals surface area contributed by atoms with Crippen LogP contribution in [0, 0.1) is 5.92 Å². The Morgan fingerprint density at radius 1 is 1.18 bits per heavy atom. The zero-order valence-corrected chi connectivity index (χ0v) is 22.3. The number of amides is 3. The van der Waals surface area contributed by atoms with Crippen molar-refractivity contribution in [3.05, 3.63) is 35.9 Å². The molecular formula is C26H31N9O5. The molecule has 2 aromatic heterocycles. The minimum absolute atomic E-state index is 0.0401. The Kier molecular flexibility index (Phi) is 7.86. The normalized spacial score (nSPS) is 16.9. The van der Waals surface area contributed by atoms with Crippen LogP contribution in [0.15, 0.2) is 28.8 Å². The number of nitrogens with one attached hydrogen (secondary N) is 3. The van der Waals surface area contributed by atoms with Crippen molar-refractivity contribution in [1.29, 1.82) is 0 Å². The molecule has 210 valence electrons. The van der Waals surface area contributed by atoms with Gasteiger partial charge in [0.15, 0.2) is 17.3 Å². The molecule has 1 saturated heterocycles. The Bertz CT molecular complexity index is 1420. The largest absolute Gasteiger partial charge is 0.494 e. The van der Waals surface area contributed by atoms with E-state index < -0.39 is 11.8 Å². The molecule has 1 aromatic carbocycles. The first-order valence-electron chi connectivity index (χ1n) is 13.1. The third kappa shape index (κ3) is 6.01. The molecule has 5 N–H and O–H groups in total. The van der Waals surface area contributed by atoms with Gasteiger partial charge in [0.2, 0.25) is 11.7 Å². The van der Waals surface area contributed by atoms with Gasteiger partial charge < -0.3 is 35.8 Å². The Balaban J connectivity index is 1.33. The Morgan fingerprint density at radius 2 is 2.00 bits per heavy atom. The summed E-state index contributed by atoms with van der Waals surface area (Å²) in [6.45, 7) is 1.57. The second-order valence-corrected chi connectivity index (χ2v) is 9.88. The Morgan fingerprint density at radius 3 is 2.70 bits per heavy atom. The lowest BCUT2D eigenvalue weighted by atomic mass is 10.1. The van der Waals surface area contributed by atoms with Gasteiger partial charge in [0, 0.05) is 24.6 Å². The monoisotopic (exact) mass is 549 g/mol. The number of para-hydroxylation sites is 1. The number of aromatic nitrogens is 4. The minimum atomic E-state index is -0.807. The number of primary amides is 1. The van der Waals surface area contributed by atoms with E-state index in [-0.39, 0.29) is 40.7 Å². The number of nitrogens with zero attached hydrogens (tertiary/aromatic N) is 5. The summed E-state index contributed by atoms with van der Waals surface area (Å²) in [6, 6.07) is 7.04. The second-order valence-electron chi connectivity index (χ2n) is 9.88. The van der Waals surface area contributed by atoms with Crippen LogP contribution in [0.2, 0.25) is 0 Å². The highest BCUT2D eigenvalue weighted by Crippen LogP contribution is 2.37. The molecular weight excluding hydrogens is 518 g/mol. The van der Waals surface area contributed by atoms with Gasteiger partial charge in [-0.05, 0) is 57.8 Å². The van der Waals surface area contributed by atoms with Gasteiger partial charge in [-0.2, -0.15) is 4.98 Å². The number of anilines is 3. The zero-order valence-electron chi connectivity index (χ0n) is 22.3. The maximum Gasteiger partial charge on any atom is 0.316 e. The van der Waals surface area contributed by atoms with Crippen LogP contribution in [0.25, 0.3) is 11.4 Å². The molecule has 1 saturated carbocycles. The van der Waals surface area contributed by atoms with Gasteiger partial charge in [0.25, 0.3) is 5.91 Å². The van der Waals surface area contributed by atoms with Crippen LogP contribution in [-0.2, 0) is 4.79 Å². The molecule has 1 aliphatic carbocycles. The first-order valence-corrected chi connectivity index (χ1v) is 13.1. The molecule has 40 heavy (non-hydrogen) atoms. The quantitative estimate of drug-likeness (QED) is 0.273. The van der Waals surface area contributed by atoms with Crippen molar-refractivity contribution in [3.63, 3.8) is 0 Å². The van der Waals surface area contributed by atoms with Crippen molar-refractivity contribution in [2.75, 3.05) is 37.9 Å². The van der Waals surface area contributed by atoms with Crippen molar-refractivity contribution in [1.82, 2.24) is 30.6 Å². The molecule has 3 aromatic rings. The predicted molar refractivity (Wildman–Crippen MR) is 144 cm³/mol. The lowest BCUT2D eigenvalue weighted by molar-refractivity contribution is -0.117. The zero-order chi connectivity index (χ0) is 28.2. The molecule has 14 nitrogen and oxygen atoms in total. The van der Waals surface area contributed by atoms with E-state index in [0.29, 0.717) is 29.6 Å². The van der Waals surface area contributed by atoms with E-state index in [1.807, 2.05) is 0 Å². The lowest BCUT2D eigenvalue weighted by Gasteiger charge is -2.18. The molecule has 2 aliphatic rings. The average molecular weight is 550 g/mol. The number of carbonyl (C=O) groups is 3. The number of rotatable bonds is 11. The molecule has 0 radical (unpaired) electrons. The number of carbonyl (C=O) groups excluding carboxylic acids is 3. The fourth-order valence-corrected chi connectivity index (χ4v) is 4.68. The molecule has 5 rings (SSSR count). The maximum absolute atomic E-state index is 12.6. The first kappa shape index (κ1) is 27.0. The number of methoxy groups -OCH3 is 1. The van der Waals surface area contributed by atoms with Gasteiger partial charge in [0.05, 0.1) is 24.0 Å². The van der Waals surface area contributed by atoms with E-state index in [4.69, 9.17) is 15.0 Å². The summed E-state index contributed by atoms with van der Waals surface area (Å²) < 4.78 is 10.9. The Labute approximate surface area is 230 Å². The highest BCUT2D eigenvalue weighted by atomic mass is 16.5. The molecule has 14 heteroatoms. The van der Waals surface area contributed by atoms with Crippen LogP contribution in [-0.4, -0.2) is 76.2 Å². The smallest absolute Gasteiger partial charge is 0.316 e. The fraction of sp³-hybridized carbons (Fsp3) is 0.423. The first-order chi connectivity index (χ1) is 19.3. The van der Waals surface area contributed by atoms with Crippen molar-refractivity contribution in [2.24, 2.45) is 11.7 Å². The average Bonchev–Trinajstić information content (AvgIpc) is 3.54.